The topological polar surface area (TPSA) is 79.9 Å². The maximum atomic E-state index is 13.7. The molecule has 0 radical (unpaired) electrons. The van der Waals surface area contributed by atoms with Crippen molar-refractivity contribution in [2.45, 2.75) is 6.04 Å². The molecular weight excluding hydrogens is 376 g/mol. The first-order chi connectivity index (χ1) is 14.6. The Hall–Kier alpha value is -4.11. The SMILES string of the molecule is COc1cccc(NC(C(=O)c2nn(C)c3cc(C#N)ccc23)c2ccccc2)c1. The summed E-state index contributed by atoms with van der Waals surface area (Å²) in [7, 11) is 3.38. The zero-order valence-corrected chi connectivity index (χ0v) is 16.7. The number of rotatable bonds is 6. The smallest absolute Gasteiger partial charge is 0.210 e. The predicted molar refractivity (Wildman–Crippen MR) is 116 cm³/mol. The van der Waals surface area contributed by atoms with Crippen LogP contribution in [0.25, 0.3) is 10.9 Å². The van der Waals surface area contributed by atoms with Gasteiger partial charge in [0.15, 0.2) is 0 Å². The van der Waals surface area contributed by atoms with Gasteiger partial charge in [0.1, 0.15) is 17.5 Å². The lowest BCUT2D eigenvalue weighted by atomic mass is 9.98. The van der Waals surface area contributed by atoms with Gasteiger partial charge in [0.05, 0.1) is 24.3 Å². The van der Waals surface area contributed by atoms with Crippen molar-refractivity contribution in [2.24, 2.45) is 7.05 Å². The largest absolute Gasteiger partial charge is 0.497 e. The zero-order chi connectivity index (χ0) is 21.1. The molecule has 0 saturated carbocycles. The fraction of sp³-hybridized carbons (Fsp3) is 0.125. The highest BCUT2D eigenvalue weighted by Crippen LogP contribution is 2.28. The quantitative estimate of drug-likeness (QED) is 0.486. The van der Waals surface area contributed by atoms with E-state index in [9.17, 15) is 10.1 Å². The lowest BCUT2D eigenvalue weighted by molar-refractivity contribution is 0.0965. The minimum Gasteiger partial charge on any atom is -0.497 e. The van der Waals surface area contributed by atoms with E-state index in [0.29, 0.717) is 17.0 Å². The fourth-order valence-corrected chi connectivity index (χ4v) is 3.47. The minimum atomic E-state index is -0.632. The van der Waals surface area contributed by atoms with E-state index < -0.39 is 6.04 Å². The average molecular weight is 396 g/mol. The highest BCUT2D eigenvalue weighted by Gasteiger charge is 2.26. The van der Waals surface area contributed by atoms with E-state index in [1.807, 2.05) is 54.6 Å². The zero-order valence-electron chi connectivity index (χ0n) is 16.7. The van der Waals surface area contributed by atoms with Gasteiger partial charge in [-0.25, -0.2) is 0 Å². The molecule has 0 aliphatic rings. The molecule has 4 aromatic rings. The summed E-state index contributed by atoms with van der Waals surface area (Å²) >= 11 is 0. The van der Waals surface area contributed by atoms with Crippen molar-refractivity contribution in [3.8, 4) is 11.8 Å². The number of hydrogen-bond acceptors (Lipinski definition) is 5. The van der Waals surface area contributed by atoms with Crippen LogP contribution in [0.4, 0.5) is 5.69 Å². The number of ketones is 1. The van der Waals surface area contributed by atoms with Crippen molar-refractivity contribution in [2.75, 3.05) is 12.4 Å². The average Bonchev–Trinajstić information content (AvgIpc) is 3.13. The van der Waals surface area contributed by atoms with Crippen LogP contribution in [0, 0.1) is 11.3 Å². The van der Waals surface area contributed by atoms with Gasteiger partial charge in [-0.2, -0.15) is 10.4 Å². The third-order valence-corrected chi connectivity index (χ3v) is 4.99. The summed E-state index contributed by atoms with van der Waals surface area (Å²) in [4.78, 5) is 13.7. The summed E-state index contributed by atoms with van der Waals surface area (Å²) in [6.07, 6.45) is 0. The molecule has 0 bridgehead atoms. The van der Waals surface area contributed by atoms with E-state index in [4.69, 9.17) is 4.74 Å². The number of nitriles is 1. The Kier molecular flexibility index (Phi) is 5.19. The Bertz CT molecular complexity index is 1260. The highest BCUT2D eigenvalue weighted by atomic mass is 16.5. The summed E-state index contributed by atoms with van der Waals surface area (Å²) in [6, 6.07) is 23.7. The summed E-state index contributed by atoms with van der Waals surface area (Å²) < 4.78 is 6.94. The van der Waals surface area contributed by atoms with Gasteiger partial charge in [0, 0.05) is 24.2 Å². The van der Waals surface area contributed by atoms with E-state index in [1.54, 1.807) is 37.0 Å². The number of benzene rings is 3. The molecule has 0 saturated heterocycles. The number of anilines is 1. The molecule has 0 amide bonds. The Morgan fingerprint density at radius 2 is 1.90 bits per heavy atom. The van der Waals surface area contributed by atoms with Gasteiger partial charge in [0.25, 0.3) is 0 Å². The van der Waals surface area contributed by atoms with Crippen LogP contribution in [0.3, 0.4) is 0 Å². The van der Waals surface area contributed by atoms with Crippen molar-refractivity contribution < 1.29 is 9.53 Å². The summed E-state index contributed by atoms with van der Waals surface area (Å²) in [5, 5.41) is 17.7. The normalized spacial score (nSPS) is 11.6. The number of fused-ring (bicyclic) bond motifs is 1. The maximum absolute atomic E-state index is 13.7. The molecule has 4 rings (SSSR count). The van der Waals surface area contributed by atoms with E-state index >= 15 is 0 Å². The van der Waals surface area contributed by atoms with Crippen LogP contribution >= 0.6 is 0 Å². The van der Waals surface area contributed by atoms with Crippen LogP contribution in [0.15, 0.2) is 72.8 Å². The Morgan fingerprint density at radius 3 is 2.63 bits per heavy atom. The van der Waals surface area contributed by atoms with Crippen molar-refractivity contribution in [1.82, 2.24) is 9.78 Å². The Balaban J connectivity index is 1.78. The minimum absolute atomic E-state index is 0.153. The number of ether oxygens (including phenoxy) is 1. The monoisotopic (exact) mass is 396 g/mol. The second-order valence-corrected chi connectivity index (χ2v) is 6.90. The first-order valence-electron chi connectivity index (χ1n) is 9.47. The number of methoxy groups -OCH3 is 1. The van der Waals surface area contributed by atoms with Crippen LogP contribution in [0.2, 0.25) is 0 Å². The van der Waals surface area contributed by atoms with Gasteiger partial charge in [-0.1, -0.05) is 36.4 Å². The second-order valence-electron chi connectivity index (χ2n) is 6.90. The fourth-order valence-electron chi connectivity index (χ4n) is 3.47. The van der Waals surface area contributed by atoms with Gasteiger partial charge in [-0.3, -0.25) is 9.48 Å². The van der Waals surface area contributed by atoms with E-state index in [1.165, 1.54) is 0 Å². The van der Waals surface area contributed by atoms with Gasteiger partial charge in [0.2, 0.25) is 5.78 Å². The van der Waals surface area contributed by atoms with Crippen molar-refractivity contribution in [3.05, 3.63) is 89.6 Å². The van der Waals surface area contributed by atoms with E-state index in [2.05, 4.69) is 16.5 Å². The molecule has 0 aliphatic heterocycles. The molecule has 1 atom stereocenters. The number of nitrogens with one attached hydrogen (secondary N) is 1. The van der Waals surface area contributed by atoms with Gasteiger partial charge < -0.3 is 10.1 Å². The van der Waals surface area contributed by atoms with Gasteiger partial charge >= 0.3 is 0 Å². The van der Waals surface area contributed by atoms with Crippen LogP contribution in [-0.2, 0) is 7.05 Å². The number of carbonyl (C=O) groups is 1. The van der Waals surface area contributed by atoms with Gasteiger partial charge in [-0.15, -0.1) is 0 Å². The third kappa shape index (κ3) is 3.61. The first kappa shape index (κ1) is 19.2. The van der Waals surface area contributed by atoms with Crippen LogP contribution in [0.5, 0.6) is 5.75 Å². The molecule has 6 nitrogen and oxygen atoms in total. The van der Waals surface area contributed by atoms with Crippen molar-refractivity contribution in [3.63, 3.8) is 0 Å². The lowest BCUT2D eigenvalue weighted by Gasteiger charge is -2.19. The number of hydrogen-bond donors (Lipinski definition) is 1. The standard InChI is InChI=1S/C24H20N4O2/c1-28-21-13-16(15-25)11-12-20(21)23(27-28)24(29)22(17-7-4-3-5-8-17)26-18-9-6-10-19(14-18)30-2/h3-14,22,26H,1-2H3. The van der Waals surface area contributed by atoms with Crippen molar-refractivity contribution in [1.29, 1.82) is 5.26 Å². The van der Waals surface area contributed by atoms with E-state index in [-0.39, 0.29) is 5.78 Å². The van der Waals surface area contributed by atoms with Gasteiger partial charge in [-0.05, 0) is 35.9 Å². The molecule has 3 aromatic carbocycles. The Labute approximate surface area is 174 Å². The highest BCUT2D eigenvalue weighted by molar-refractivity contribution is 6.10. The summed E-state index contributed by atoms with van der Waals surface area (Å²) in [5.74, 6) is 0.547. The van der Waals surface area contributed by atoms with Crippen LogP contribution in [0.1, 0.15) is 27.7 Å². The predicted octanol–water partition coefficient (Wildman–Crippen LogP) is 4.49. The molecule has 1 aromatic heterocycles. The number of carbonyl (C=O) groups excluding carboxylic acids is 1. The lowest BCUT2D eigenvalue weighted by Crippen LogP contribution is -2.22. The summed E-state index contributed by atoms with van der Waals surface area (Å²) in [6.45, 7) is 0. The number of Topliss-reactive ketones (excluding diaryl/α,β-unsaturated/α-hetero) is 1. The number of aryl methyl sites for hydroxylation is 1. The van der Waals surface area contributed by atoms with Crippen molar-refractivity contribution >= 4 is 22.4 Å². The first-order valence-corrected chi connectivity index (χ1v) is 9.47. The summed E-state index contributed by atoms with van der Waals surface area (Å²) in [5.41, 5.74) is 3.23. The molecule has 0 aliphatic carbocycles. The molecule has 30 heavy (non-hydrogen) atoms. The van der Waals surface area contributed by atoms with Crippen LogP contribution in [-0.4, -0.2) is 22.7 Å². The molecule has 1 heterocycles. The molecule has 0 spiro atoms. The molecule has 1 N–H and O–H groups in total. The second kappa shape index (κ2) is 8.10. The van der Waals surface area contributed by atoms with Crippen LogP contribution < -0.4 is 10.1 Å². The number of nitrogens with zero attached hydrogens (tertiary/aromatic N) is 3. The molecule has 1 unspecified atom stereocenters. The third-order valence-electron chi connectivity index (χ3n) is 4.99. The molecule has 6 heteroatoms. The molecular formula is C24H20N4O2. The van der Waals surface area contributed by atoms with E-state index in [0.717, 1.165) is 22.2 Å². The Morgan fingerprint density at radius 1 is 1.10 bits per heavy atom. The molecule has 0 fully saturated rings. The number of aromatic nitrogens is 2. The maximum Gasteiger partial charge on any atom is 0.210 e. The molecule has 148 valence electrons.